The van der Waals surface area contributed by atoms with Gasteiger partial charge in [-0.05, 0) is 85.8 Å². The first-order valence-corrected chi connectivity index (χ1v) is 16.3. The number of ether oxygens (including phenoxy) is 1. The van der Waals surface area contributed by atoms with Gasteiger partial charge < -0.3 is 9.84 Å². The van der Waals surface area contributed by atoms with Crippen LogP contribution < -0.4 is 14.5 Å². The molecule has 11 heteroatoms. The number of hydrogen-bond donors (Lipinski definition) is 1. The topological polar surface area (TPSA) is 104 Å². The predicted molar refractivity (Wildman–Crippen MR) is 177 cm³/mol. The lowest BCUT2D eigenvalue weighted by Crippen LogP contribution is -2.49. The summed E-state index contributed by atoms with van der Waals surface area (Å²) >= 11 is 9.47. The van der Waals surface area contributed by atoms with Gasteiger partial charge in [-0.3, -0.25) is 24.1 Å². The third-order valence-corrected chi connectivity index (χ3v) is 11.1. The van der Waals surface area contributed by atoms with Crippen molar-refractivity contribution in [3.05, 3.63) is 99.3 Å². The highest BCUT2D eigenvalue weighted by molar-refractivity contribution is 9.10. The smallest absolute Gasteiger partial charge is 0.241 e. The van der Waals surface area contributed by atoms with Crippen molar-refractivity contribution >= 4 is 68.6 Å². The number of hydrogen-bond acceptors (Lipinski definition) is 6. The highest BCUT2D eigenvalue weighted by atomic mass is 79.9. The fraction of sp³-hybridized carbons (Fsp3) is 0.278. The molecule has 8 nitrogen and oxygen atoms in total. The first-order chi connectivity index (χ1) is 22.4. The Labute approximate surface area is 283 Å². The summed E-state index contributed by atoms with van der Waals surface area (Å²) in [6, 6.07) is 15.5. The van der Waals surface area contributed by atoms with Gasteiger partial charge in [0, 0.05) is 10.4 Å². The van der Waals surface area contributed by atoms with E-state index < -0.39 is 52.6 Å². The molecule has 3 fully saturated rings. The Morgan fingerprint density at radius 3 is 2.38 bits per heavy atom. The maximum Gasteiger partial charge on any atom is 0.241 e. The van der Waals surface area contributed by atoms with Gasteiger partial charge in [0.2, 0.25) is 23.6 Å². The number of phenols is 1. The molecule has 0 aromatic heterocycles. The van der Waals surface area contributed by atoms with E-state index in [9.17, 15) is 28.7 Å². The molecule has 0 bridgehead atoms. The fourth-order valence-electron chi connectivity index (χ4n) is 7.94. The third kappa shape index (κ3) is 4.75. The van der Waals surface area contributed by atoms with Gasteiger partial charge in [-0.25, -0.2) is 9.29 Å². The molecule has 2 aliphatic heterocycles. The van der Waals surface area contributed by atoms with Crippen LogP contribution in [0, 0.1) is 40.8 Å². The van der Waals surface area contributed by atoms with E-state index in [1.807, 2.05) is 12.2 Å². The Hall–Kier alpha value is -4.28. The van der Waals surface area contributed by atoms with Crippen molar-refractivity contribution in [3.8, 4) is 11.5 Å². The maximum absolute atomic E-state index is 14.4. The number of nitrogens with zero attached hydrogens (tertiary/aromatic N) is 2. The molecule has 0 radical (unpaired) electrons. The van der Waals surface area contributed by atoms with E-state index in [1.165, 1.54) is 30.2 Å². The summed E-state index contributed by atoms with van der Waals surface area (Å²) in [4.78, 5) is 58.9. The van der Waals surface area contributed by atoms with Crippen molar-refractivity contribution in [2.45, 2.75) is 19.8 Å². The molecule has 47 heavy (non-hydrogen) atoms. The molecular formula is C36H29BrClFN2O6. The van der Waals surface area contributed by atoms with Crippen LogP contribution in [0.1, 0.15) is 25.3 Å². The average Bonchev–Trinajstić information content (AvgIpc) is 3.42. The van der Waals surface area contributed by atoms with Gasteiger partial charge in [0.25, 0.3) is 0 Å². The molecule has 0 unspecified atom stereocenters. The number of anilines is 2. The zero-order chi connectivity index (χ0) is 33.4. The number of fused-ring (bicyclic) bond motifs is 4. The van der Waals surface area contributed by atoms with Crippen molar-refractivity contribution in [2.24, 2.45) is 35.0 Å². The molecule has 4 aliphatic rings. The molecule has 2 aliphatic carbocycles. The first-order valence-electron chi connectivity index (χ1n) is 15.2. The van der Waals surface area contributed by atoms with Crippen molar-refractivity contribution in [2.75, 3.05) is 16.9 Å². The van der Waals surface area contributed by atoms with Gasteiger partial charge in [0.05, 0.1) is 46.7 Å². The van der Waals surface area contributed by atoms with Gasteiger partial charge in [0.15, 0.2) is 11.5 Å². The number of allylic oxidation sites excluding steroid dienone is 3. The number of aromatic hydroxyl groups is 1. The minimum atomic E-state index is -1.26. The number of imide groups is 2. The van der Waals surface area contributed by atoms with Crippen molar-refractivity contribution in [1.29, 1.82) is 0 Å². The van der Waals surface area contributed by atoms with Gasteiger partial charge in [-0.2, -0.15) is 0 Å². The second kappa shape index (κ2) is 11.5. The molecule has 6 atom stereocenters. The highest BCUT2D eigenvalue weighted by Gasteiger charge is 2.67. The molecule has 1 saturated carbocycles. The van der Waals surface area contributed by atoms with E-state index in [0.717, 1.165) is 21.0 Å². The lowest BCUT2D eigenvalue weighted by Gasteiger charge is -2.47. The zero-order valence-corrected chi connectivity index (χ0v) is 27.7. The van der Waals surface area contributed by atoms with E-state index in [4.69, 9.17) is 16.3 Å². The zero-order valence-electron chi connectivity index (χ0n) is 25.3. The van der Waals surface area contributed by atoms with Gasteiger partial charge >= 0.3 is 0 Å². The molecule has 2 heterocycles. The van der Waals surface area contributed by atoms with Crippen LogP contribution in [0.15, 0.2) is 82.9 Å². The monoisotopic (exact) mass is 718 g/mol. The van der Waals surface area contributed by atoms with Crippen LogP contribution in [0.4, 0.5) is 15.8 Å². The molecule has 1 N–H and O–H groups in total. The SMILES string of the molecule is COc1cc(C=C[C@H]2C3=CC[C@@H]4C(=O)N(c5ccc(Br)cc5)C(=O)[C@@H]4[C@@H]3C[C@H]3C(=O)N(c4ccc(F)c(Cl)c4)C(=O)[C@@]23C)ccc1O. The maximum atomic E-state index is 14.4. The van der Waals surface area contributed by atoms with Gasteiger partial charge in [0.1, 0.15) is 5.82 Å². The normalized spacial score (nSPS) is 28.4. The first kappa shape index (κ1) is 31.3. The molecule has 3 aromatic carbocycles. The predicted octanol–water partition coefficient (Wildman–Crippen LogP) is 6.94. The average molecular weight is 720 g/mol. The Morgan fingerprint density at radius 1 is 0.957 bits per heavy atom. The van der Waals surface area contributed by atoms with Crippen LogP contribution >= 0.6 is 27.5 Å². The van der Waals surface area contributed by atoms with Crippen molar-refractivity contribution < 1.29 is 33.4 Å². The lowest BCUT2D eigenvalue weighted by atomic mass is 9.52. The van der Waals surface area contributed by atoms with Crippen molar-refractivity contribution in [3.63, 3.8) is 0 Å². The summed E-state index contributed by atoms with van der Waals surface area (Å²) in [6.07, 6.45) is 6.12. The van der Waals surface area contributed by atoms with E-state index in [1.54, 1.807) is 49.4 Å². The second-order valence-corrected chi connectivity index (χ2v) is 13.9. The van der Waals surface area contributed by atoms with Crippen LogP contribution in [0.25, 0.3) is 6.08 Å². The Morgan fingerprint density at radius 2 is 1.68 bits per heavy atom. The standard InChI is InChI=1S/C36H29BrClFN2O6/c1-36-25(12-3-18-4-14-29(42)30(15-18)47-2)22-10-11-23-31(34(45)40(32(23)43)20-7-5-19(37)6-8-20)24(22)17-26(36)33(44)41(35(36)46)21-9-13-28(39)27(38)16-21/h3-10,12-16,23-26,31,42H,11,17H2,1-2H3/t23-,24+,25-,26-,31-,36-/m0/s1. The number of carbonyl (C=O) groups is 4. The van der Waals surface area contributed by atoms with E-state index >= 15 is 0 Å². The third-order valence-electron chi connectivity index (χ3n) is 10.3. The van der Waals surface area contributed by atoms with Crippen molar-refractivity contribution in [1.82, 2.24) is 0 Å². The van der Waals surface area contributed by atoms with Crippen LogP contribution in [0.2, 0.25) is 5.02 Å². The summed E-state index contributed by atoms with van der Waals surface area (Å²) in [6.45, 7) is 1.76. The number of rotatable bonds is 5. The summed E-state index contributed by atoms with van der Waals surface area (Å²) < 4.78 is 20.2. The van der Waals surface area contributed by atoms with Gasteiger partial charge in [-0.15, -0.1) is 0 Å². The Balaban J connectivity index is 1.33. The van der Waals surface area contributed by atoms with E-state index in [0.29, 0.717) is 17.7 Å². The largest absolute Gasteiger partial charge is 0.504 e. The van der Waals surface area contributed by atoms with Crippen LogP contribution in [0.5, 0.6) is 11.5 Å². The molecule has 240 valence electrons. The summed E-state index contributed by atoms with van der Waals surface area (Å²) in [5.74, 6) is -5.24. The molecule has 0 spiro atoms. The number of carbonyl (C=O) groups excluding carboxylic acids is 4. The highest BCUT2D eigenvalue weighted by Crippen LogP contribution is 2.61. The second-order valence-electron chi connectivity index (χ2n) is 12.6. The van der Waals surface area contributed by atoms with Crippen LogP contribution in [0.3, 0.4) is 0 Å². The molecule has 3 aromatic rings. The number of halogens is 3. The molecule has 7 rings (SSSR count). The minimum absolute atomic E-state index is 0.0275. The molecule has 4 amide bonds. The van der Waals surface area contributed by atoms with Gasteiger partial charge in [-0.1, -0.05) is 57.4 Å². The van der Waals surface area contributed by atoms with Crippen LogP contribution in [-0.2, 0) is 19.2 Å². The Kier molecular flexibility index (Phi) is 7.63. The number of methoxy groups -OCH3 is 1. The van der Waals surface area contributed by atoms with Crippen LogP contribution in [-0.4, -0.2) is 35.8 Å². The van der Waals surface area contributed by atoms with E-state index in [-0.39, 0.29) is 40.4 Å². The Bertz CT molecular complexity index is 1930. The fourth-order valence-corrected chi connectivity index (χ4v) is 8.38. The quantitative estimate of drug-likeness (QED) is 0.227. The summed E-state index contributed by atoms with van der Waals surface area (Å²) in [7, 11) is 1.44. The molecular weight excluding hydrogens is 691 g/mol. The number of amides is 4. The number of phenolic OH excluding ortho intramolecular Hbond substituents is 1. The number of benzene rings is 3. The summed E-state index contributed by atoms with van der Waals surface area (Å²) in [5.41, 5.74) is 0.886. The summed E-state index contributed by atoms with van der Waals surface area (Å²) in [5, 5.41) is 9.90. The minimum Gasteiger partial charge on any atom is -0.504 e. The molecule has 2 saturated heterocycles. The van der Waals surface area contributed by atoms with E-state index in [2.05, 4.69) is 15.9 Å². The lowest BCUT2D eigenvalue weighted by molar-refractivity contribution is -0.132.